The smallest absolute Gasteiger partial charge is 0.220 e. The fourth-order valence-corrected chi connectivity index (χ4v) is 3.72. The minimum absolute atomic E-state index is 0. The minimum Gasteiger partial charge on any atom is -0.356 e. The van der Waals surface area contributed by atoms with E-state index < -0.39 is 0 Å². The summed E-state index contributed by atoms with van der Waals surface area (Å²) in [6.07, 6.45) is 7.59. The molecule has 1 amide bonds. The highest BCUT2D eigenvalue weighted by molar-refractivity contribution is 5.98. The first-order chi connectivity index (χ1) is 11.7. The van der Waals surface area contributed by atoms with Gasteiger partial charge in [-0.1, -0.05) is 12.1 Å². The Morgan fingerprint density at radius 1 is 1.08 bits per heavy atom. The van der Waals surface area contributed by atoms with Crippen LogP contribution in [-0.4, -0.2) is 31.3 Å². The molecule has 0 aromatic heterocycles. The van der Waals surface area contributed by atoms with E-state index in [0.717, 1.165) is 38.0 Å². The molecule has 0 radical (unpaired) electrons. The fraction of sp³-hybridized carbons (Fsp3) is 0.600. The molecule has 0 spiro atoms. The van der Waals surface area contributed by atoms with Gasteiger partial charge in [-0.3, -0.25) is 9.59 Å². The van der Waals surface area contributed by atoms with Crippen LogP contribution < -0.4 is 10.6 Å². The van der Waals surface area contributed by atoms with Crippen molar-refractivity contribution in [2.24, 2.45) is 5.92 Å². The number of amides is 1. The van der Waals surface area contributed by atoms with Crippen LogP contribution in [0, 0.1) is 5.92 Å². The molecule has 0 saturated carbocycles. The molecule has 1 unspecified atom stereocenters. The van der Waals surface area contributed by atoms with Gasteiger partial charge in [0.05, 0.1) is 0 Å². The van der Waals surface area contributed by atoms with Crippen LogP contribution in [0.2, 0.25) is 0 Å². The normalized spacial score (nSPS) is 19.4. The van der Waals surface area contributed by atoms with Gasteiger partial charge in [0, 0.05) is 24.9 Å². The Hall–Kier alpha value is -1.39. The standard InChI is InChI=1S/C20H28N2O2.ClH/c23-19(18-8-7-16-5-1-2-6-17(16)12-18)9-10-20(24)22-14-15-4-3-11-21-13-15;/h7-8,12,15,21H,1-6,9-11,13-14H2,(H,22,24);1H. The molecule has 1 aliphatic heterocycles. The molecule has 2 aliphatic rings. The molecule has 0 bridgehead atoms. The molecule has 2 N–H and O–H groups in total. The molecule has 1 aromatic rings. The van der Waals surface area contributed by atoms with Gasteiger partial charge < -0.3 is 10.6 Å². The predicted octanol–water partition coefficient (Wildman–Crippen LogP) is 3.07. The van der Waals surface area contributed by atoms with Crippen molar-refractivity contribution in [3.8, 4) is 0 Å². The van der Waals surface area contributed by atoms with Gasteiger partial charge in [0.1, 0.15) is 0 Å². The number of halogens is 1. The van der Waals surface area contributed by atoms with Crippen LogP contribution in [-0.2, 0) is 17.6 Å². The van der Waals surface area contributed by atoms with Crippen molar-refractivity contribution < 1.29 is 9.59 Å². The summed E-state index contributed by atoms with van der Waals surface area (Å²) >= 11 is 0. The summed E-state index contributed by atoms with van der Waals surface area (Å²) in [5.74, 6) is 0.601. The monoisotopic (exact) mass is 364 g/mol. The van der Waals surface area contributed by atoms with E-state index in [1.165, 1.54) is 36.8 Å². The topological polar surface area (TPSA) is 58.2 Å². The third-order valence-corrected chi connectivity index (χ3v) is 5.24. The summed E-state index contributed by atoms with van der Waals surface area (Å²) in [6, 6.07) is 6.07. The summed E-state index contributed by atoms with van der Waals surface area (Å²) in [5.41, 5.74) is 3.47. The quantitative estimate of drug-likeness (QED) is 0.763. The van der Waals surface area contributed by atoms with Gasteiger partial charge in [-0.2, -0.15) is 0 Å². The molecule has 1 heterocycles. The zero-order chi connectivity index (χ0) is 16.8. The number of aryl methyl sites for hydroxylation is 2. The number of nitrogens with one attached hydrogen (secondary N) is 2. The average molecular weight is 365 g/mol. The maximum atomic E-state index is 12.4. The highest BCUT2D eigenvalue weighted by atomic mass is 35.5. The average Bonchev–Trinajstić information content (AvgIpc) is 2.65. The van der Waals surface area contributed by atoms with Gasteiger partial charge >= 0.3 is 0 Å². The summed E-state index contributed by atoms with van der Waals surface area (Å²) in [5, 5.41) is 6.33. The molecular weight excluding hydrogens is 336 g/mol. The number of fused-ring (bicyclic) bond motifs is 1. The van der Waals surface area contributed by atoms with E-state index in [2.05, 4.69) is 16.7 Å². The molecule has 4 nitrogen and oxygen atoms in total. The van der Waals surface area contributed by atoms with Gasteiger partial charge in [0.15, 0.2) is 5.78 Å². The second-order valence-corrected chi connectivity index (χ2v) is 7.13. The Kier molecular flexibility index (Phi) is 7.91. The van der Waals surface area contributed by atoms with Gasteiger partial charge in [0.25, 0.3) is 0 Å². The summed E-state index contributed by atoms with van der Waals surface area (Å²) in [6.45, 7) is 2.78. The van der Waals surface area contributed by atoms with Crippen molar-refractivity contribution in [3.63, 3.8) is 0 Å². The van der Waals surface area contributed by atoms with Gasteiger partial charge in [0.2, 0.25) is 5.91 Å². The van der Waals surface area contributed by atoms with E-state index in [-0.39, 0.29) is 30.5 Å². The number of carbonyl (C=O) groups is 2. The van der Waals surface area contributed by atoms with Crippen molar-refractivity contribution in [3.05, 3.63) is 34.9 Å². The van der Waals surface area contributed by atoms with Crippen LogP contribution in [0.5, 0.6) is 0 Å². The number of piperidine rings is 1. The molecule has 3 rings (SSSR count). The molecular formula is C20H29ClN2O2. The zero-order valence-electron chi connectivity index (χ0n) is 14.8. The van der Waals surface area contributed by atoms with E-state index in [0.29, 0.717) is 12.3 Å². The molecule has 1 atom stereocenters. The Balaban J connectivity index is 0.00000225. The van der Waals surface area contributed by atoms with Gasteiger partial charge in [-0.15, -0.1) is 12.4 Å². The largest absolute Gasteiger partial charge is 0.356 e. The van der Waals surface area contributed by atoms with Gasteiger partial charge in [-0.05, 0) is 74.7 Å². The number of ketones is 1. The predicted molar refractivity (Wildman–Crippen MR) is 102 cm³/mol. The fourth-order valence-electron chi connectivity index (χ4n) is 3.72. The molecule has 5 heteroatoms. The first kappa shape index (κ1) is 19.9. The molecule has 138 valence electrons. The van der Waals surface area contributed by atoms with Crippen LogP contribution in [0.1, 0.15) is 60.0 Å². The minimum atomic E-state index is -0.00752. The molecule has 1 saturated heterocycles. The second kappa shape index (κ2) is 9.93. The number of benzene rings is 1. The lowest BCUT2D eigenvalue weighted by atomic mass is 9.89. The SMILES string of the molecule is Cl.O=C(CCC(=O)c1ccc2c(c1)CCCC2)NCC1CCCNC1. The van der Waals surface area contributed by atoms with E-state index in [1.54, 1.807) is 0 Å². The van der Waals surface area contributed by atoms with E-state index in [4.69, 9.17) is 0 Å². The van der Waals surface area contributed by atoms with E-state index in [9.17, 15) is 9.59 Å². The van der Waals surface area contributed by atoms with Crippen molar-refractivity contribution in [1.82, 2.24) is 10.6 Å². The Labute approximate surface area is 156 Å². The summed E-state index contributed by atoms with van der Waals surface area (Å²) in [4.78, 5) is 24.3. The maximum Gasteiger partial charge on any atom is 0.220 e. The van der Waals surface area contributed by atoms with Crippen molar-refractivity contribution in [2.75, 3.05) is 19.6 Å². The van der Waals surface area contributed by atoms with Crippen molar-refractivity contribution in [1.29, 1.82) is 0 Å². The molecule has 25 heavy (non-hydrogen) atoms. The summed E-state index contributed by atoms with van der Waals surface area (Å²) in [7, 11) is 0. The highest BCUT2D eigenvalue weighted by Crippen LogP contribution is 2.23. The third kappa shape index (κ3) is 5.82. The lowest BCUT2D eigenvalue weighted by Crippen LogP contribution is -2.38. The van der Waals surface area contributed by atoms with Gasteiger partial charge in [-0.25, -0.2) is 0 Å². The van der Waals surface area contributed by atoms with E-state index >= 15 is 0 Å². The molecule has 1 aromatic carbocycles. The number of rotatable bonds is 6. The Morgan fingerprint density at radius 2 is 1.88 bits per heavy atom. The van der Waals surface area contributed by atoms with Crippen LogP contribution in [0.4, 0.5) is 0 Å². The number of hydrogen-bond acceptors (Lipinski definition) is 3. The number of Topliss-reactive ketones (excluding diaryl/α,β-unsaturated/α-hetero) is 1. The van der Waals surface area contributed by atoms with Crippen molar-refractivity contribution in [2.45, 2.75) is 51.4 Å². The van der Waals surface area contributed by atoms with Crippen molar-refractivity contribution >= 4 is 24.1 Å². The first-order valence-electron chi connectivity index (χ1n) is 9.35. The number of hydrogen-bond donors (Lipinski definition) is 2. The third-order valence-electron chi connectivity index (χ3n) is 5.24. The van der Waals surface area contributed by atoms with Crippen LogP contribution in [0.25, 0.3) is 0 Å². The zero-order valence-corrected chi connectivity index (χ0v) is 15.6. The van der Waals surface area contributed by atoms with Crippen LogP contribution >= 0.6 is 12.4 Å². The highest BCUT2D eigenvalue weighted by Gasteiger charge is 2.16. The molecule has 1 aliphatic carbocycles. The second-order valence-electron chi connectivity index (χ2n) is 7.13. The summed E-state index contributed by atoms with van der Waals surface area (Å²) < 4.78 is 0. The maximum absolute atomic E-state index is 12.4. The lowest BCUT2D eigenvalue weighted by molar-refractivity contribution is -0.121. The first-order valence-corrected chi connectivity index (χ1v) is 9.35. The van der Waals surface area contributed by atoms with E-state index in [1.807, 2.05) is 12.1 Å². The Morgan fingerprint density at radius 3 is 2.64 bits per heavy atom. The lowest BCUT2D eigenvalue weighted by Gasteiger charge is -2.22. The van der Waals surface area contributed by atoms with Crippen LogP contribution in [0.15, 0.2) is 18.2 Å². The molecule has 1 fully saturated rings. The number of carbonyl (C=O) groups excluding carboxylic acids is 2. The Bertz CT molecular complexity index is 597. The van der Waals surface area contributed by atoms with Crippen LogP contribution in [0.3, 0.4) is 0 Å².